The first-order valence-electron chi connectivity index (χ1n) is 2.27. The molecule has 1 unspecified atom stereocenters. The van der Waals surface area contributed by atoms with Gasteiger partial charge in [0, 0.05) is 0 Å². The summed E-state index contributed by atoms with van der Waals surface area (Å²) in [7, 11) is -2.69. The highest BCUT2D eigenvalue weighted by atomic mass is 32.2. The van der Waals surface area contributed by atoms with Crippen molar-refractivity contribution in [3.05, 3.63) is 6.92 Å². The molecule has 0 rings (SSSR count). The average Bonchev–Trinajstić information content (AvgIpc) is 1.65. The van der Waals surface area contributed by atoms with Gasteiger partial charge < -0.3 is 0 Å². The van der Waals surface area contributed by atoms with Gasteiger partial charge in [0.1, 0.15) is 0 Å². The van der Waals surface area contributed by atoms with Crippen molar-refractivity contribution in [3.8, 4) is 0 Å². The molecule has 49 valence electrons. The lowest BCUT2D eigenvalue weighted by atomic mass is 10.3. The van der Waals surface area contributed by atoms with E-state index in [4.69, 9.17) is 0 Å². The van der Waals surface area contributed by atoms with Crippen molar-refractivity contribution in [3.63, 3.8) is 0 Å². The van der Waals surface area contributed by atoms with Gasteiger partial charge in [-0.3, -0.25) is 4.18 Å². The Morgan fingerprint density at radius 3 is 2.38 bits per heavy atom. The lowest BCUT2D eigenvalue weighted by Gasteiger charge is -2.00. The summed E-state index contributed by atoms with van der Waals surface area (Å²) in [6.07, 6.45) is 0.194. The topological polar surface area (TPSA) is 43.4 Å². The van der Waals surface area contributed by atoms with Crippen LogP contribution >= 0.6 is 0 Å². The van der Waals surface area contributed by atoms with E-state index in [0.29, 0.717) is 6.42 Å². The average molecular weight is 137 g/mol. The van der Waals surface area contributed by atoms with E-state index >= 15 is 0 Å². The summed E-state index contributed by atoms with van der Waals surface area (Å²) in [6.45, 7) is 5.10. The van der Waals surface area contributed by atoms with Crippen molar-refractivity contribution in [1.82, 2.24) is 0 Å². The predicted octanol–water partition coefficient (Wildman–Crippen LogP) is 0.142. The molecule has 0 aromatic carbocycles. The fourth-order valence-corrected chi connectivity index (χ4v) is 0.599. The largest absolute Gasteiger partial charge is 0.269 e. The Morgan fingerprint density at radius 2 is 2.25 bits per heavy atom. The van der Waals surface area contributed by atoms with Gasteiger partial charge in [-0.15, -0.1) is 0 Å². The number of rotatable bonds is 3. The molecule has 0 heterocycles. The summed E-state index contributed by atoms with van der Waals surface area (Å²) in [5, 5.41) is 0. The van der Waals surface area contributed by atoms with Crippen LogP contribution in [0.2, 0.25) is 0 Å². The molecule has 0 N–H and O–H groups in total. The third-order valence-electron chi connectivity index (χ3n) is 0.673. The van der Waals surface area contributed by atoms with Crippen LogP contribution in [-0.4, -0.2) is 14.5 Å². The Hall–Kier alpha value is -0.0900. The van der Waals surface area contributed by atoms with Gasteiger partial charge in [0.25, 0.3) is 11.0 Å². The van der Waals surface area contributed by atoms with Crippen molar-refractivity contribution in [2.45, 2.75) is 19.4 Å². The molecule has 0 fully saturated rings. The van der Waals surface area contributed by atoms with Crippen LogP contribution in [-0.2, 0) is 15.2 Å². The van der Waals surface area contributed by atoms with Gasteiger partial charge in [0.05, 0.1) is 6.10 Å². The molecule has 1 atom stereocenters. The van der Waals surface area contributed by atoms with Crippen molar-refractivity contribution in [2.75, 3.05) is 0 Å². The summed E-state index contributed by atoms with van der Waals surface area (Å²) in [6, 6.07) is 0. The minimum absolute atomic E-state index is 0.281. The summed E-state index contributed by atoms with van der Waals surface area (Å²) in [4.78, 5) is 0. The van der Waals surface area contributed by atoms with Crippen LogP contribution in [0.1, 0.15) is 13.3 Å². The Bertz CT molecular complexity index is 110. The number of hydrogen-bond donors (Lipinski definition) is 1. The van der Waals surface area contributed by atoms with Crippen LogP contribution in [0.15, 0.2) is 0 Å². The van der Waals surface area contributed by atoms with Crippen molar-refractivity contribution >= 4 is 11.0 Å². The molecule has 0 saturated heterocycles. The lowest BCUT2D eigenvalue weighted by molar-refractivity contribution is 0.242. The SMILES string of the molecule is [CH2]CC(C)O[SH](=O)=O. The van der Waals surface area contributed by atoms with Gasteiger partial charge in [0.15, 0.2) is 0 Å². The second-order valence-electron chi connectivity index (χ2n) is 1.43. The zero-order valence-corrected chi connectivity index (χ0v) is 5.56. The Morgan fingerprint density at radius 1 is 1.75 bits per heavy atom. The molecule has 1 radical (unpaired) electrons. The molecule has 0 bridgehead atoms. The van der Waals surface area contributed by atoms with Crippen LogP contribution in [0.25, 0.3) is 0 Å². The normalized spacial score (nSPS) is 14.4. The van der Waals surface area contributed by atoms with Crippen LogP contribution in [0.4, 0.5) is 0 Å². The molecule has 0 aliphatic heterocycles. The second-order valence-corrected chi connectivity index (χ2v) is 2.09. The Balaban J connectivity index is 3.39. The zero-order chi connectivity index (χ0) is 6.57. The van der Waals surface area contributed by atoms with E-state index in [0.717, 1.165) is 0 Å². The van der Waals surface area contributed by atoms with Gasteiger partial charge in [-0.1, -0.05) is 6.92 Å². The molecule has 4 heteroatoms. The maximum Gasteiger partial charge on any atom is 0.257 e. The van der Waals surface area contributed by atoms with Crippen molar-refractivity contribution < 1.29 is 12.6 Å². The first kappa shape index (κ1) is 7.91. The molecule has 0 aromatic heterocycles. The molecule has 0 aliphatic rings. The van der Waals surface area contributed by atoms with Gasteiger partial charge in [-0.25, -0.2) is 8.42 Å². The monoisotopic (exact) mass is 137 g/mol. The summed E-state index contributed by atoms with van der Waals surface area (Å²) < 4.78 is 23.8. The van der Waals surface area contributed by atoms with Crippen LogP contribution in [0.3, 0.4) is 0 Å². The highest BCUT2D eigenvalue weighted by molar-refractivity contribution is 7.67. The van der Waals surface area contributed by atoms with Gasteiger partial charge >= 0.3 is 0 Å². The van der Waals surface area contributed by atoms with E-state index in [-0.39, 0.29) is 6.10 Å². The van der Waals surface area contributed by atoms with E-state index in [2.05, 4.69) is 11.1 Å². The van der Waals surface area contributed by atoms with Crippen molar-refractivity contribution in [2.24, 2.45) is 0 Å². The summed E-state index contributed by atoms with van der Waals surface area (Å²) in [5.74, 6) is 0. The highest BCUT2D eigenvalue weighted by Gasteiger charge is 1.96. The maximum atomic E-state index is 9.76. The van der Waals surface area contributed by atoms with Gasteiger partial charge in [0.2, 0.25) is 0 Å². The quantitative estimate of drug-likeness (QED) is 0.563. The minimum atomic E-state index is -2.69. The fraction of sp³-hybridized carbons (Fsp3) is 0.750. The van der Waals surface area contributed by atoms with E-state index in [1.54, 1.807) is 6.92 Å². The van der Waals surface area contributed by atoms with Crippen LogP contribution < -0.4 is 0 Å². The first-order chi connectivity index (χ1) is 3.66. The Labute approximate surface area is 50.8 Å². The molecule has 0 aliphatic carbocycles. The van der Waals surface area contributed by atoms with Crippen LogP contribution in [0, 0.1) is 6.92 Å². The van der Waals surface area contributed by atoms with Gasteiger partial charge in [-0.2, -0.15) is 0 Å². The third-order valence-corrected chi connectivity index (χ3v) is 1.20. The predicted molar refractivity (Wildman–Crippen MR) is 30.8 cm³/mol. The Kier molecular flexibility index (Phi) is 3.81. The van der Waals surface area contributed by atoms with Crippen LogP contribution in [0.5, 0.6) is 0 Å². The maximum absolute atomic E-state index is 9.76. The smallest absolute Gasteiger partial charge is 0.257 e. The lowest BCUT2D eigenvalue weighted by Crippen LogP contribution is -2.03. The van der Waals surface area contributed by atoms with Gasteiger partial charge in [-0.05, 0) is 13.3 Å². The molecule has 0 amide bonds. The van der Waals surface area contributed by atoms with Crippen molar-refractivity contribution in [1.29, 1.82) is 0 Å². The second kappa shape index (κ2) is 3.86. The number of hydrogen-bond acceptors (Lipinski definition) is 3. The molecule has 0 spiro atoms. The summed E-state index contributed by atoms with van der Waals surface area (Å²) in [5.41, 5.74) is 0. The molecular formula is C4H9O3S. The minimum Gasteiger partial charge on any atom is -0.269 e. The van der Waals surface area contributed by atoms with E-state index < -0.39 is 11.0 Å². The third kappa shape index (κ3) is 4.08. The molecule has 0 saturated carbocycles. The highest BCUT2D eigenvalue weighted by Crippen LogP contribution is 1.93. The van der Waals surface area contributed by atoms with E-state index in [1.807, 2.05) is 0 Å². The molecule has 0 aromatic rings. The molecule has 8 heavy (non-hydrogen) atoms. The van der Waals surface area contributed by atoms with E-state index in [9.17, 15) is 8.42 Å². The molecular weight excluding hydrogens is 128 g/mol. The first-order valence-corrected chi connectivity index (χ1v) is 3.36. The fourth-order valence-electron chi connectivity index (χ4n) is 0.200. The summed E-state index contributed by atoms with van der Waals surface area (Å²) >= 11 is 0. The standard InChI is InChI=1S/C4H9O3S/c1-3-4(2)7-8(5)6/h4,8H,1,3H2,2H3. The zero-order valence-electron chi connectivity index (χ0n) is 4.66. The number of thiol groups is 1. The van der Waals surface area contributed by atoms with E-state index in [1.165, 1.54) is 0 Å². The molecule has 3 nitrogen and oxygen atoms in total.